The summed E-state index contributed by atoms with van der Waals surface area (Å²) in [6, 6.07) is 10.3. The van der Waals surface area contributed by atoms with Gasteiger partial charge in [-0.1, -0.05) is 32.8 Å². The van der Waals surface area contributed by atoms with Gasteiger partial charge in [0, 0.05) is 30.8 Å². The molecule has 0 bridgehead atoms. The molecule has 1 aromatic carbocycles. The zero-order chi connectivity index (χ0) is 22.9. The SMILES string of the molecule is Cc1nnc(-c2cc(CC(C)C)n(-c3cccc(C(=O)N4CCCC5CCCCC54)c3)n2)o1. The van der Waals surface area contributed by atoms with E-state index in [4.69, 9.17) is 9.52 Å². The van der Waals surface area contributed by atoms with Gasteiger partial charge >= 0.3 is 0 Å². The summed E-state index contributed by atoms with van der Waals surface area (Å²) in [5.74, 6) is 2.21. The number of carbonyl (C=O) groups is 1. The summed E-state index contributed by atoms with van der Waals surface area (Å²) in [6.07, 6.45) is 8.16. The van der Waals surface area contributed by atoms with Crippen molar-refractivity contribution < 1.29 is 9.21 Å². The number of benzene rings is 1. The first-order valence-electron chi connectivity index (χ1n) is 12.3. The standard InChI is InChI=1S/C26H33N5O2/c1-17(2)14-22-16-23(25-28-27-18(3)33-25)29-31(22)21-11-6-9-20(15-21)26(32)30-13-7-10-19-8-4-5-12-24(19)30/h6,9,11,15-17,19,24H,4-5,7-8,10,12-14H2,1-3H3. The Labute approximate surface area is 195 Å². The lowest BCUT2D eigenvalue weighted by molar-refractivity contribution is 0.0390. The molecule has 33 heavy (non-hydrogen) atoms. The van der Waals surface area contributed by atoms with Crippen LogP contribution in [-0.4, -0.2) is 43.4 Å². The van der Waals surface area contributed by atoms with Crippen molar-refractivity contribution in [1.82, 2.24) is 24.9 Å². The minimum Gasteiger partial charge on any atom is -0.420 e. The predicted molar refractivity (Wildman–Crippen MR) is 126 cm³/mol. The van der Waals surface area contributed by atoms with Crippen LogP contribution in [-0.2, 0) is 6.42 Å². The van der Waals surface area contributed by atoms with Crippen LogP contribution in [0.25, 0.3) is 17.3 Å². The summed E-state index contributed by atoms with van der Waals surface area (Å²) in [7, 11) is 0. The van der Waals surface area contributed by atoms with Gasteiger partial charge in [0.15, 0.2) is 0 Å². The smallest absolute Gasteiger partial charge is 0.268 e. The molecule has 2 aromatic heterocycles. The third-order valence-electron chi connectivity index (χ3n) is 6.99. The quantitative estimate of drug-likeness (QED) is 0.536. The van der Waals surface area contributed by atoms with E-state index in [9.17, 15) is 4.79 Å². The fourth-order valence-electron chi connectivity index (χ4n) is 5.53. The Hall–Kier alpha value is -2.96. The van der Waals surface area contributed by atoms with Crippen molar-refractivity contribution in [1.29, 1.82) is 0 Å². The molecule has 174 valence electrons. The molecule has 2 unspecified atom stereocenters. The Kier molecular flexibility index (Phi) is 6.04. The molecule has 2 atom stereocenters. The van der Waals surface area contributed by atoms with E-state index in [1.807, 2.05) is 35.0 Å². The van der Waals surface area contributed by atoms with Crippen LogP contribution in [0.15, 0.2) is 34.7 Å². The molecule has 1 aliphatic carbocycles. The molecule has 2 fully saturated rings. The fourth-order valence-corrected chi connectivity index (χ4v) is 5.53. The van der Waals surface area contributed by atoms with Crippen LogP contribution in [0.4, 0.5) is 0 Å². The summed E-state index contributed by atoms with van der Waals surface area (Å²) < 4.78 is 7.53. The van der Waals surface area contributed by atoms with Crippen LogP contribution >= 0.6 is 0 Å². The largest absolute Gasteiger partial charge is 0.420 e. The Balaban J connectivity index is 1.47. The summed E-state index contributed by atoms with van der Waals surface area (Å²) in [6.45, 7) is 7.01. The highest BCUT2D eigenvalue weighted by atomic mass is 16.4. The number of hydrogen-bond acceptors (Lipinski definition) is 5. The highest BCUT2D eigenvalue weighted by Gasteiger charge is 2.36. The number of fused-ring (bicyclic) bond motifs is 1. The second kappa shape index (κ2) is 9.12. The Morgan fingerprint density at radius 1 is 1.12 bits per heavy atom. The van der Waals surface area contributed by atoms with Crippen LogP contribution < -0.4 is 0 Å². The van der Waals surface area contributed by atoms with Crippen molar-refractivity contribution in [2.45, 2.75) is 71.8 Å². The van der Waals surface area contributed by atoms with E-state index in [1.54, 1.807) is 6.92 Å². The molecule has 3 heterocycles. The Morgan fingerprint density at radius 2 is 1.94 bits per heavy atom. The van der Waals surface area contributed by atoms with Crippen LogP contribution in [0.5, 0.6) is 0 Å². The van der Waals surface area contributed by atoms with Gasteiger partial charge in [-0.2, -0.15) is 5.10 Å². The number of carbonyl (C=O) groups excluding carboxylic acids is 1. The van der Waals surface area contributed by atoms with Gasteiger partial charge in [0.25, 0.3) is 11.8 Å². The number of nitrogens with zero attached hydrogens (tertiary/aromatic N) is 5. The monoisotopic (exact) mass is 447 g/mol. The lowest BCUT2D eigenvalue weighted by Gasteiger charge is -2.44. The van der Waals surface area contributed by atoms with Crippen molar-refractivity contribution >= 4 is 5.91 Å². The average molecular weight is 448 g/mol. The molecule has 1 aliphatic heterocycles. The molecular weight excluding hydrogens is 414 g/mol. The van der Waals surface area contributed by atoms with Gasteiger partial charge in [0.2, 0.25) is 5.89 Å². The lowest BCUT2D eigenvalue weighted by atomic mass is 9.78. The number of aromatic nitrogens is 4. The first-order chi connectivity index (χ1) is 16.0. The number of piperidine rings is 1. The van der Waals surface area contributed by atoms with Crippen molar-refractivity contribution in [2.75, 3.05) is 6.54 Å². The van der Waals surface area contributed by atoms with E-state index >= 15 is 0 Å². The summed E-state index contributed by atoms with van der Waals surface area (Å²) in [5, 5.41) is 12.9. The minimum atomic E-state index is 0.152. The number of amides is 1. The van der Waals surface area contributed by atoms with Gasteiger partial charge < -0.3 is 9.32 Å². The average Bonchev–Trinajstić information content (AvgIpc) is 3.44. The van der Waals surface area contributed by atoms with E-state index < -0.39 is 0 Å². The van der Waals surface area contributed by atoms with Crippen LogP contribution in [0.3, 0.4) is 0 Å². The van der Waals surface area contributed by atoms with Gasteiger partial charge in [-0.3, -0.25) is 4.79 Å². The van der Waals surface area contributed by atoms with Crippen LogP contribution in [0.1, 0.15) is 74.3 Å². The zero-order valence-electron chi connectivity index (χ0n) is 19.8. The fraction of sp³-hybridized carbons (Fsp3) is 0.538. The van der Waals surface area contributed by atoms with Gasteiger partial charge in [0.1, 0.15) is 5.69 Å². The Bertz CT molecular complexity index is 1130. The summed E-state index contributed by atoms with van der Waals surface area (Å²) in [5.41, 5.74) is 3.34. The van der Waals surface area contributed by atoms with Gasteiger partial charge in [-0.15, -0.1) is 10.2 Å². The minimum absolute atomic E-state index is 0.152. The molecule has 1 amide bonds. The first kappa shape index (κ1) is 21.9. The van der Waals surface area contributed by atoms with Crippen molar-refractivity contribution in [3.63, 3.8) is 0 Å². The van der Waals surface area contributed by atoms with Crippen LogP contribution in [0, 0.1) is 18.8 Å². The molecule has 1 saturated carbocycles. The topological polar surface area (TPSA) is 77.1 Å². The molecule has 0 radical (unpaired) electrons. The molecule has 1 saturated heterocycles. The summed E-state index contributed by atoms with van der Waals surface area (Å²) in [4.78, 5) is 15.7. The summed E-state index contributed by atoms with van der Waals surface area (Å²) >= 11 is 0. The molecular formula is C26H33N5O2. The van der Waals surface area contributed by atoms with E-state index in [2.05, 4.69) is 28.9 Å². The third kappa shape index (κ3) is 4.45. The zero-order valence-corrected chi connectivity index (χ0v) is 19.8. The molecule has 2 aliphatic rings. The molecule has 7 nitrogen and oxygen atoms in total. The molecule has 7 heteroatoms. The third-order valence-corrected chi connectivity index (χ3v) is 6.99. The second-order valence-electron chi connectivity index (χ2n) is 9.96. The first-order valence-corrected chi connectivity index (χ1v) is 12.3. The normalized spacial score (nSPS) is 20.8. The number of likely N-dealkylation sites (tertiary alicyclic amines) is 1. The van der Waals surface area contributed by atoms with Crippen LogP contribution in [0.2, 0.25) is 0 Å². The van der Waals surface area contributed by atoms with Crippen molar-refractivity contribution in [3.8, 4) is 17.3 Å². The predicted octanol–water partition coefficient (Wildman–Crippen LogP) is 5.22. The van der Waals surface area contributed by atoms with E-state index in [1.165, 1.54) is 25.7 Å². The highest BCUT2D eigenvalue weighted by Crippen LogP contribution is 2.36. The maximum Gasteiger partial charge on any atom is 0.268 e. The maximum absolute atomic E-state index is 13.6. The van der Waals surface area contributed by atoms with Gasteiger partial charge in [-0.25, -0.2) is 4.68 Å². The maximum atomic E-state index is 13.6. The molecule has 0 N–H and O–H groups in total. The van der Waals surface area contributed by atoms with E-state index in [0.717, 1.165) is 42.8 Å². The number of rotatable bonds is 5. The van der Waals surface area contributed by atoms with Gasteiger partial charge in [0.05, 0.1) is 5.69 Å². The second-order valence-corrected chi connectivity index (χ2v) is 9.96. The number of hydrogen-bond donors (Lipinski definition) is 0. The van der Waals surface area contributed by atoms with E-state index in [0.29, 0.717) is 35.4 Å². The highest BCUT2D eigenvalue weighted by molar-refractivity contribution is 5.95. The van der Waals surface area contributed by atoms with E-state index in [-0.39, 0.29) is 5.91 Å². The molecule has 5 rings (SSSR count). The molecule has 0 spiro atoms. The van der Waals surface area contributed by atoms with Crippen molar-refractivity contribution in [2.24, 2.45) is 11.8 Å². The lowest BCUT2D eigenvalue weighted by Crippen LogP contribution is -2.49. The Morgan fingerprint density at radius 3 is 2.73 bits per heavy atom. The number of aryl methyl sites for hydroxylation is 1. The molecule has 3 aromatic rings. The van der Waals surface area contributed by atoms with Crippen molar-refractivity contribution in [3.05, 3.63) is 47.5 Å². The van der Waals surface area contributed by atoms with Gasteiger partial charge in [-0.05, 0) is 68.2 Å².